The number of hydrogen-bond donors (Lipinski definition) is 2. The molecule has 11 heteroatoms. The van der Waals surface area contributed by atoms with Crippen LogP contribution < -0.4 is 15.0 Å². The molecule has 0 spiro atoms. The van der Waals surface area contributed by atoms with E-state index >= 15 is 0 Å². The fraction of sp³-hybridized carbons (Fsp3) is 0.643. The lowest BCUT2D eigenvalue weighted by Gasteiger charge is -2.33. The Balaban J connectivity index is 1.44. The SMILES string of the molecule is CC(C)c1noc(N2CCC(C(C)CCOc3ccc(CC(NC(=O)OC(C)(C)C)C(=O)O)c(F)c3)CC2)n1. The molecular weight excluding hydrogens is 507 g/mol. The highest BCUT2D eigenvalue weighted by Crippen LogP contribution is 2.30. The minimum atomic E-state index is -1.33. The molecule has 2 atom stereocenters. The lowest BCUT2D eigenvalue weighted by molar-refractivity contribution is -0.139. The number of halogens is 1. The maximum absolute atomic E-state index is 14.7. The number of nitrogens with zero attached hydrogens (tertiary/aromatic N) is 3. The molecule has 1 amide bonds. The van der Waals surface area contributed by atoms with Gasteiger partial charge in [0.15, 0.2) is 5.82 Å². The van der Waals surface area contributed by atoms with Gasteiger partial charge in [-0.05, 0) is 63.5 Å². The molecule has 10 nitrogen and oxygen atoms in total. The second kappa shape index (κ2) is 13.1. The van der Waals surface area contributed by atoms with Crippen molar-refractivity contribution < 1.29 is 33.1 Å². The molecule has 39 heavy (non-hydrogen) atoms. The van der Waals surface area contributed by atoms with E-state index in [2.05, 4.69) is 27.3 Å². The van der Waals surface area contributed by atoms with Crippen molar-refractivity contribution in [3.63, 3.8) is 0 Å². The van der Waals surface area contributed by atoms with Crippen molar-refractivity contribution in [2.24, 2.45) is 11.8 Å². The topological polar surface area (TPSA) is 127 Å². The average molecular weight is 549 g/mol. The summed E-state index contributed by atoms with van der Waals surface area (Å²) < 4.78 is 31.1. The molecule has 1 saturated heterocycles. The third-order valence-corrected chi connectivity index (χ3v) is 6.84. The molecule has 2 N–H and O–H groups in total. The van der Waals surface area contributed by atoms with Crippen molar-refractivity contribution in [3.05, 3.63) is 35.4 Å². The molecule has 3 rings (SSSR count). The van der Waals surface area contributed by atoms with E-state index in [-0.39, 0.29) is 17.9 Å². The highest BCUT2D eigenvalue weighted by atomic mass is 19.1. The first-order chi connectivity index (χ1) is 18.3. The molecule has 0 radical (unpaired) electrons. The Kier molecular flexibility index (Phi) is 10.2. The van der Waals surface area contributed by atoms with E-state index in [1.165, 1.54) is 12.1 Å². The van der Waals surface area contributed by atoms with Crippen molar-refractivity contribution in [2.75, 3.05) is 24.6 Å². The lowest BCUT2D eigenvalue weighted by Crippen LogP contribution is -2.44. The molecule has 2 heterocycles. The van der Waals surface area contributed by atoms with Gasteiger partial charge in [0.25, 0.3) is 0 Å². The van der Waals surface area contributed by atoms with Gasteiger partial charge in [0, 0.05) is 31.5 Å². The normalized spacial score (nSPS) is 16.2. The summed E-state index contributed by atoms with van der Waals surface area (Å²) in [5.41, 5.74) is -0.619. The number of nitrogens with one attached hydrogen (secondary N) is 1. The highest BCUT2D eigenvalue weighted by Gasteiger charge is 2.27. The zero-order valence-electron chi connectivity index (χ0n) is 23.7. The summed E-state index contributed by atoms with van der Waals surface area (Å²) in [4.78, 5) is 30.2. The molecule has 2 aromatic rings. The van der Waals surface area contributed by atoms with Crippen molar-refractivity contribution in [1.29, 1.82) is 0 Å². The number of benzene rings is 1. The minimum absolute atomic E-state index is 0.160. The predicted molar refractivity (Wildman–Crippen MR) is 143 cm³/mol. The fourth-order valence-electron chi connectivity index (χ4n) is 4.50. The van der Waals surface area contributed by atoms with E-state index in [0.29, 0.717) is 30.2 Å². The monoisotopic (exact) mass is 548 g/mol. The number of piperidine rings is 1. The van der Waals surface area contributed by atoms with E-state index in [1.807, 2.05) is 13.8 Å². The molecule has 1 aromatic heterocycles. The first-order valence-corrected chi connectivity index (χ1v) is 13.5. The number of carboxylic acid groups (broad SMARTS) is 1. The van der Waals surface area contributed by atoms with Crippen molar-refractivity contribution >= 4 is 18.1 Å². The Labute approximate surface area is 229 Å². The quantitative estimate of drug-likeness (QED) is 0.391. The van der Waals surface area contributed by atoms with Crippen LogP contribution in [0.5, 0.6) is 5.75 Å². The third kappa shape index (κ3) is 9.11. The molecule has 0 saturated carbocycles. The van der Waals surface area contributed by atoms with Gasteiger partial charge in [-0.25, -0.2) is 14.0 Å². The van der Waals surface area contributed by atoms with Gasteiger partial charge >= 0.3 is 18.1 Å². The third-order valence-electron chi connectivity index (χ3n) is 6.84. The Hall–Kier alpha value is -3.37. The van der Waals surface area contributed by atoms with E-state index in [1.54, 1.807) is 26.8 Å². The Bertz CT molecular complexity index is 1110. The summed E-state index contributed by atoms with van der Waals surface area (Å²) in [6, 6.07) is 3.61. The summed E-state index contributed by atoms with van der Waals surface area (Å²) in [6.45, 7) is 13.5. The van der Waals surface area contributed by atoms with Crippen LogP contribution in [0.3, 0.4) is 0 Å². The van der Waals surface area contributed by atoms with Gasteiger partial charge in [-0.1, -0.05) is 32.0 Å². The van der Waals surface area contributed by atoms with Crippen LogP contribution >= 0.6 is 0 Å². The van der Waals surface area contributed by atoms with Gasteiger partial charge in [0.05, 0.1) is 6.61 Å². The van der Waals surface area contributed by atoms with Crippen LogP contribution in [0.2, 0.25) is 0 Å². The molecule has 1 aliphatic heterocycles. The highest BCUT2D eigenvalue weighted by molar-refractivity contribution is 5.80. The van der Waals surface area contributed by atoms with E-state index < -0.39 is 29.5 Å². The van der Waals surface area contributed by atoms with Crippen LogP contribution in [0.25, 0.3) is 0 Å². The van der Waals surface area contributed by atoms with Crippen molar-refractivity contribution in [2.45, 2.75) is 84.8 Å². The van der Waals surface area contributed by atoms with E-state index in [0.717, 1.165) is 38.2 Å². The molecule has 1 aromatic carbocycles. The Morgan fingerprint density at radius 3 is 2.49 bits per heavy atom. The van der Waals surface area contributed by atoms with Gasteiger partial charge in [-0.15, -0.1) is 0 Å². The Morgan fingerprint density at radius 1 is 1.23 bits per heavy atom. The first-order valence-electron chi connectivity index (χ1n) is 13.5. The summed E-state index contributed by atoms with van der Waals surface area (Å²) in [5.74, 6) is 0.434. The number of rotatable bonds is 11. The van der Waals surface area contributed by atoms with Gasteiger partial charge in [-0.3, -0.25) is 0 Å². The second-order valence-electron chi connectivity index (χ2n) is 11.5. The second-order valence-corrected chi connectivity index (χ2v) is 11.5. The van der Waals surface area contributed by atoms with Crippen LogP contribution in [0.1, 0.15) is 78.1 Å². The fourth-order valence-corrected chi connectivity index (χ4v) is 4.50. The van der Waals surface area contributed by atoms with Crippen LogP contribution in [-0.4, -0.2) is 58.6 Å². The maximum atomic E-state index is 14.7. The summed E-state index contributed by atoms with van der Waals surface area (Å²) >= 11 is 0. The van der Waals surface area contributed by atoms with Gasteiger partial charge in [0.1, 0.15) is 23.2 Å². The predicted octanol–water partition coefficient (Wildman–Crippen LogP) is 5.17. The minimum Gasteiger partial charge on any atom is -0.493 e. The summed E-state index contributed by atoms with van der Waals surface area (Å²) in [7, 11) is 0. The molecule has 2 unspecified atom stereocenters. The van der Waals surface area contributed by atoms with Crippen LogP contribution in [0.15, 0.2) is 22.7 Å². The van der Waals surface area contributed by atoms with Crippen LogP contribution in [0, 0.1) is 17.7 Å². The van der Waals surface area contributed by atoms with E-state index in [4.69, 9.17) is 14.0 Å². The number of aromatic nitrogens is 2. The number of amides is 1. The van der Waals surface area contributed by atoms with Crippen LogP contribution in [0.4, 0.5) is 15.2 Å². The van der Waals surface area contributed by atoms with Gasteiger partial charge in [0.2, 0.25) is 0 Å². The first kappa shape index (κ1) is 30.2. The van der Waals surface area contributed by atoms with Crippen LogP contribution in [-0.2, 0) is 16.0 Å². The maximum Gasteiger partial charge on any atom is 0.408 e. The number of anilines is 1. The largest absolute Gasteiger partial charge is 0.493 e. The number of alkyl carbamates (subject to hydrolysis) is 1. The number of carbonyl (C=O) groups excluding carboxylic acids is 1. The standard InChI is InChI=1S/C28H41FN4O6/c1-17(2)24-31-26(39-32-24)33-12-9-19(10-13-33)18(3)11-14-37-21-8-7-20(22(29)16-21)15-23(25(34)35)30-27(36)38-28(4,5)6/h7-8,16-19,23H,9-15H2,1-6H3,(H,30,36)(H,34,35). The average Bonchev–Trinajstić information content (AvgIpc) is 3.35. The summed E-state index contributed by atoms with van der Waals surface area (Å²) in [5, 5.41) is 15.8. The van der Waals surface area contributed by atoms with Gasteiger partial charge in [-0.2, -0.15) is 4.98 Å². The Morgan fingerprint density at radius 2 is 1.92 bits per heavy atom. The molecule has 216 valence electrons. The lowest BCUT2D eigenvalue weighted by atomic mass is 9.84. The van der Waals surface area contributed by atoms with Crippen molar-refractivity contribution in [3.8, 4) is 5.75 Å². The number of aliphatic carboxylic acids is 1. The molecule has 1 aliphatic rings. The summed E-state index contributed by atoms with van der Waals surface area (Å²) in [6.07, 6.45) is 1.77. The van der Waals surface area contributed by atoms with Gasteiger partial charge < -0.3 is 29.3 Å². The van der Waals surface area contributed by atoms with Crippen molar-refractivity contribution in [1.82, 2.24) is 15.5 Å². The number of carboxylic acids is 1. The molecule has 0 aliphatic carbocycles. The zero-order valence-corrected chi connectivity index (χ0v) is 23.7. The number of ether oxygens (including phenoxy) is 2. The molecule has 0 bridgehead atoms. The zero-order chi connectivity index (χ0) is 28.7. The number of hydrogen-bond acceptors (Lipinski definition) is 8. The molecule has 1 fully saturated rings. The smallest absolute Gasteiger partial charge is 0.408 e. The number of carbonyl (C=O) groups is 2. The molecular formula is C28H41FN4O6. The van der Waals surface area contributed by atoms with E-state index in [9.17, 15) is 19.1 Å².